The van der Waals surface area contributed by atoms with Crippen LogP contribution in [-0.4, -0.2) is 39.9 Å². The number of hydrogen-bond donors (Lipinski definition) is 2. The molecule has 1 amide bonds. The Bertz CT molecular complexity index is 1300. The molecule has 31 heavy (non-hydrogen) atoms. The van der Waals surface area contributed by atoms with Gasteiger partial charge in [-0.1, -0.05) is 11.6 Å². The topological polar surface area (TPSA) is 81.1 Å². The van der Waals surface area contributed by atoms with Gasteiger partial charge in [0, 0.05) is 10.8 Å². The number of nitrogens with zero attached hydrogens (tertiary/aromatic N) is 3. The second-order valence-electron chi connectivity index (χ2n) is 7.22. The van der Waals surface area contributed by atoms with Crippen molar-refractivity contribution < 1.29 is 13.9 Å². The van der Waals surface area contributed by atoms with E-state index in [0.717, 1.165) is 11.1 Å². The number of thiophene rings is 1. The molecule has 158 valence electrons. The summed E-state index contributed by atoms with van der Waals surface area (Å²) in [7, 11) is 0. The molecule has 3 aromatic heterocycles. The number of pyridine rings is 1. The number of carbonyl (C=O) groups is 1. The minimum Gasteiger partial charge on any atom is -0.377 e. The van der Waals surface area contributed by atoms with E-state index in [0.29, 0.717) is 45.8 Å². The number of aryl methyl sites for hydroxylation is 1. The van der Waals surface area contributed by atoms with Crippen molar-refractivity contribution in [2.75, 3.05) is 18.5 Å². The predicted octanol–water partition coefficient (Wildman–Crippen LogP) is 4.46. The maximum atomic E-state index is 13.6. The molecule has 0 atom stereocenters. The normalized spacial score (nSPS) is 13.9. The fourth-order valence-electron chi connectivity index (χ4n) is 3.23. The molecule has 0 saturated carbocycles. The summed E-state index contributed by atoms with van der Waals surface area (Å²) in [6.07, 6.45) is 1.70. The van der Waals surface area contributed by atoms with Crippen molar-refractivity contribution >= 4 is 51.3 Å². The quantitative estimate of drug-likeness (QED) is 0.462. The predicted molar refractivity (Wildman–Crippen MR) is 118 cm³/mol. The molecule has 1 aromatic carbocycles. The van der Waals surface area contributed by atoms with Gasteiger partial charge < -0.3 is 15.4 Å². The standard InChI is InChI=1S/C21H17ClFN5O2S/c1-11-17(27-18-5-13(23)2-3-16(18)22)4-12-7-24-28(20(12)25-11)15-6-19(31-10-15)21(29)26-14-8-30-9-14/h2-7,10,14,27H,8-9H2,1H3,(H,26,29). The summed E-state index contributed by atoms with van der Waals surface area (Å²) in [5.74, 6) is -0.503. The van der Waals surface area contributed by atoms with Crippen LogP contribution in [0.25, 0.3) is 16.7 Å². The summed E-state index contributed by atoms with van der Waals surface area (Å²) < 4.78 is 20.4. The van der Waals surface area contributed by atoms with Gasteiger partial charge in [-0.2, -0.15) is 5.10 Å². The van der Waals surface area contributed by atoms with E-state index in [1.54, 1.807) is 16.9 Å². The van der Waals surface area contributed by atoms with E-state index in [4.69, 9.17) is 16.3 Å². The van der Waals surface area contributed by atoms with E-state index in [-0.39, 0.29) is 17.8 Å². The molecule has 1 saturated heterocycles. The van der Waals surface area contributed by atoms with Gasteiger partial charge in [0.05, 0.1) is 58.1 Å². The molecule has 4 aromatic rings. The highest BCUT2D eigenvalue weighted by atomic mass is 35.5. The van der Waals surface area contributed by atoms with Crippen molar-refractivity contribution in [1.82, 2.24) is 20.1 Å². The Balaban J connectivity index is 1.43. The molecule has 0 unspecified atom stereocenters. The van der Waals surface area contributed by atoms with E-state index in [1.807, 2.05) is 18.4 Å². The van der Waals surface area contributed by atoms with Gasteiger partial charge in [-0.25, -0.2) is 14.1 Å². The van der Waals surface area contributed by atoms with Crippen LogP contribution < -0.4 is 10.6 Å². The fraction of sp³-hybridized carbons (Fsp3) is 0.190. The van der Waals surface area contributed by atoms with Crippen LogP contribution in [0.1, 0.15) is 15.4 Å². The van der Waals surface area contributed by atoms with Crippen molar-refractivity contribution in [3.05, 3.63) is 63.3 Å². The van der Waals surface area contributed by atoms with Crippen molar-refractivity contribution in [3.8, 4) is 5.69 Å². The highest BCUT2D eigenvalue weighted by Crippen LogP contribution is 2.30. The Morgan fingerprint density at radius 1 is 1.29 bits per heavy atom. The number of fused-ring (bicyclic) bond motifs is 1. The van der Waals surface area contributed by atoms with Crippen LogP contribution in [0.2, 0.25) is 5.02 Å². The minimum absolute atomic E-state index is 0.0745. The number of amides is 1. The number of halogens is 2. The second kappa shape index (κ2) is 7.92. The number of benzene rings is 1. The minimum atomic E-state index is -0.381. The number of carbonyl (C=O) groups excluding carboxylic acids is 1. The molecule has 10 heteroatoms. The van der Waals surface area contributed by atoms with E-state index < -0.39 is 0 Å². The molecule has 0 radical (unpaired) electrons. The van der Waals surface area contributed by atoms with E-state index in [9.17, 15) is 9.18 Å². The monoisotopic (exact) mass is 457 g/mol. The lowest BCUT2D eigenvalue weighted by atomic mass is 10.2. The van der Waals surface area contributed by atoms with Crippen LogP contribution >= 0.6 is 22.9 Å². The zero-order valence-corrected chi connectivity index (χ0v) is 17.9. The average molecular weight is 458 g/mol. The molecular formula is C21H17ClFN5O2S. The summed E-state index contributed by atoms with van der Waals surface area (Å²) in [5, 5.41) is 13.6. The van der Waals surface area contributed by atoms with Gasteiger partial charge in [0.25, 0.3) is 5.91 Å². The Hall–Kier alpha value is -3.01. The highest BCUT2D eigenvalue weighted by Gasteiger charge is 2.22. The smallest absolute Gasteiger partial charge is 0.261 e. The molecule has 0 spiro atoms. The molecule has 7 nitrogen and oxygen atoms in total. The number of anilines is 2. The summed E-state index contributed by atoms with van der Waals surface area (Å²) in [4.78, 5) is 17.6. The number of ether oxygens (including phenoxy) is 1. The number of rotatable bonds is 5. The van der Waals surface area contributed by atoms with Crippen LogP contribution in [-0.2, 0) is 4.74 Å². The van der Waals surface area contributed by atoms with Gasteiger partial charge >= 0.3 is 0 Å². The average Bonchev–Trinajstić information content (AvgIpc) is 3.34. The van der Waals surface area contributed by atoms with Crippen molar-refractivity contribution in [2.45, 2.75) is 13.0 Å². The van der Waals surface area contributed by atoms with Crippen LogP contribution in [0.15, 0.2) is 41.9 Å². The number of nitrogens with one attached hydrogen (secondary N) is 2. The van der Waals surface area contributed by atoms with Crippen LogP contribution in [0, 0.1) is 12.7 Å². The fourth-order valence-corrected chi connectivity index (χ4v) is 4.17. The van der Waals surface area contributed by atoms with Crippen LogP contribution in [0.4, 0.5) is 15.8 Å². The molecule has 4 heterocycles. The third kappa shape index (κ3) is 3.87. The molecule has 0 aliphatic carbocycles. The molecule has 5 rings (SSSR count). The third-order valence-corrected chi connectivity index (χ3v) is 6.21. The van der Waals surface area contributed by atoms with Crippen molar-refractivity contribution in [3.63, 3.8) is 0 Å². The summed E-state index contributed by atoms with van der Waals surface area (Å²) in [5.41, 5.74) is 3.28. The second-order valence-corrected chi connectivity index (χ2v) is 8.54. The Labute approximate surface area is 185 Å². The number of aromatic nitrogens is 3. The highest BCUT2D eigenvalue weighted by molar-refractivity contribution is 7.12. The molecular weight excluding hydrogens is 441 g/mol. The SMILES string of the molecule is Cc1nc2c(cnn2-c2csc(C(=O)NC3COC3)c2)cc1Nc1cc(F)ccc1Cl. The van der Waals surface area contributed by atoms with Crippen molar-refractivity contribution in [1.29, 1.82) is 0 Å². The Morgan fingerprint density at radius 2 is 2.13 bits per heavy atom. The lowest BCUT2D eigenvalue weighted by molar-refractivity contribution is -0.00338. The number of hydrogen-bond acceptors (Lipinski definition) is 6. The van der Waals surface area contributed by atoms with Gasteiger partial charge in [0.15, 0.2) is 5.65 Å². The van der Waals surface area contributed by atoms with E-state index in [2.05, 4.69) is 20.7 Å². The van der Waals surface area contributed by atoms with Gasteiger partial charge in [0.2, 0.25) is 0 Å². The van der Waals surface area contributed by atoms with Gasteiger partial charge in [-0.3, -0.25) is 4.79 Å². The largest absolute Gasteiger partial charge is 0.377 e. The van der Waals surface area contributed by atoms with Gasteiger partial charge in [-0.05, 0) is 37.3 Å². The third-order valence-electron chi connectivity index (χ3n) is 4.96. The molecule has 1 aliphatic heterocycles. The zero-order chi connectivity index (χ0) is 21.5. The van der Waals surface area contributed by atoms with E-state index >= 15 is 0 Å². The van der Waals surface area contributed by atoms with Crippen LogP contribution in [0.5, 0.6) is 0 Å². The first kappa shape index (κ1) is 19.9. The molecule has 2 N–H and O–H groups in total. The first-order valence-electron chi connectivity index (χ1n) is 9.53. The summed E-state index contributed by atoms with van der Waals surface area (Å²) >= 11 is 7.52. The zero-order valence-electron chi connectivity index (χ0n) is 16.4. The van der Waals surface area contributed by atoms with Gasteiger partial charge in [0.1, 0.15) is 5.82 Å². The molecule has 1 aliphatic rings. The van der Waals surface area contributed by atoms with Crippen molar-refractivity contribution in [2.24, 2.45) is 0 Å². The lowest BCUT2D eigenvalue weighted by Gasteiger charge is -2.26. The van der Waals surface area contributed by atoms with Gasteiger partial charge in [-0.15, -0.1) is 11.3 Å². The lowest BCUT2D eigenvalue weighted by Crippen LogP contribution is -2.48. The molecule has 0 bridgehead atoms. The maximum absolute atomic E-state index is 13.6. The Kier molecular flexibility index (Phi) is 5.09. The first-order valence-corrected chi connectivity index (χ1v) is 10.8. The molecule has 1 fully saturated rings. The summed E-state index contributed by atoms with van der Waals surface area (Å²) in [6, 6.07) is 7.90. The summed E-state index contributed by atoms with van der Waals surface area (Å²) in [6.45, 7) is 2.95. The maximum Gasteiger partial charge on any atom is 0.261 e. The van der Waals surface area contributed by atoms with E-state index in [1.165, 1.54) is 29.5 Å². The Morgan fingerprint density at radius 3 is 2.90 bits per heavy atom. The first-order chi connectivity index (χ1) is 15.0. The van der Waals surface area contributed by atoms with Crippen LogP contribution in [0.3, 0.4) is 0 Å².